The number of nitrogens with zero attached hydrogens (tertiary/aromatic N) is 1. The van der Waals surface area contributed by atoms with E-state index in [1.165, 1.54) is 6.07 Å². The zero-order chi connectivity index (χ0) is 15.1. The molecule has 1 rings (SSSR count). The second-order valence-electron chi connectivity index (χ2n) is 5.06. The molecule has 0 spiro atoms. The molecule has 0 aliphatic heterocycles. The number of benzene rings is 1. The quantitative estimate of drug-likeness (QED) is 0.836. The van der Waals surface area contributed by atoms with Gasteiger partial charge in [-0.3, -0.25) is 4.79 Å². The van der Waals surface area contributed by atoms with E-state index in [0.29, 0.717) is 37.8 Å². The summed E-state index contributed by atoms with van der Waals surface area (Å²) in [4.78, 5) is 13.4. The van der Waals surface area contributed by atoms with E-state index in [9.17, 15) is 13.6 Å². The topological polar surface area (TPSA) is 40.5 Å². The SMILES string of the molecule is CC(O)CCN(C)C(=O)CCCc1ccc(F)c(F)c1. The molecule has 1 aromatic rings. The van der Waals surface area contributed by atoms with E-state index in [2.05, 4.69) is 0 Å². The van der Waals surface area contributed by atoms with Crippen LogP contribution in [-0.2, 0) is 11.2 Å². The van der Waals surface area contributed by atoms with E-state index in [-0.39, 0.29) is 5.91 Å². The summed E-state index contributed by atoms with van der Waals surface area (Å²) < 4.78 is 25.7. The van der Waals surface area contributed by atoms with Gasteiger partial charge in [0.15, 0.2) is 11.6 Å². The summed E-state index contributed by atoms with van der Waals surface area (Å²) in [6.07, 6.45) is 1.60. The lowest BCUT2D eigenvalue weighted by Crippen LogP contribution is -2.29. The molecule has 1 aromatic carbocycles. The highest BCUT2D eigenvalue weighted by Crippen LogP contribution is 2.11. The summed E-state index contributed by atoms with van der Waals surface area (Å²) in [5, 5.41) is 9.15. The van der Waals surface area contributed by atoms with Crippen molar-refractivity contribution >= 4 is 5.91 Å². The predicted octanol–water partition coefficient (Wildman–Crippen LogP) is 2.52. The van der Waals surface area contributed by atoms with Gasteiger partial charge in [0.1, 0.15) is 0 Å². The highest BCUT2D eigenvalue weighted by molar-refractivity contribution is 5.75. The Morgan fingerprint density at radius 1 is 1.35 bits per heavy atom. The lowest BCUT2D eigenvalue weighted by molar-refractivity contribution is -0.130. The number of aliphatic hydroxyl groups is 1. The van der Waals surface area contributed by atoms with Gasteiger partial charge in [0.05, 0.1) is 6.10 Å². The fourth-order valence-electron chi connectivity index (χ4n) is 1.83. The zero-order valence-electron chi connectivity index (χ0n) is 11.9. The van der Waals surface area contributed by atoms with Gasteiger partial charge in [-0.05, 0) is 43.9 Å². The van der Waals surface area contributed by atoms with Crippen LogP contribution in [0.25, 0.3) is 0 Å². The van der Waals surface area contributed by atoms with Gasteiger partial charge in [-0.15, -0.1) is 0 Å². The first-order chi connectivity index (χ1) is 9.40. The largest absolute Gasteiger partial charge is 0.393 e. The molecule has 112 valence electrons. The fourth-order valence-corrected chi connectivity index (χ4v) is 1.83. The van der Waals surface area contributed by atoms with Crippen LogP contribution in [0.4, 0.5) is 8.78 Å². The van der Waals surface area contributed by atoms with Crippen molar-refractivity contribution in [1.29, 1.82) is 0 Å². The van der Waals surface area contributed by atoms with Crippen LogP contribution in [-0.4, -0.2) is 35.6 Å². The minimum Gasteiger partial charge on any atom is -0.393 e. The molecule has 0 saturated carbocycles. The van der Waals surface area contributed by atoms with Crippen molar-refractivity contribution in [2.75, 3.05) is 13.6 Å². The summed E-state index contributed by atoms with van der Waals surface area (Å²) in [6, 6.07) is 3.79. The molecule has 20 heavy (non-hydrogen) atoms. The molecular formula is C15H21F2NO2. The number of carbonyl (C=O) groups is 1. The van der Waals surface area contributed by atoms with E-state index >= 15 is 0 Å². The molecule has 0 heterocycles. The van der Waals surface area contributed by atoms with Crippen LogP contribution < -0.4 is 0 Å². The molecule has 0 aliphatic carbocycles. The van der Waals surface area contributed by atoms with Crippen molar-refractivity contribution in [1.82, 2.24) is 4.90 Å². The van der Waals surface area contributed by atoms with Gasteiger partial charge < -0.3 is 10.0 Å². The second-order valence-corrected chi connectivity index (χ2v) is 5.06. The van der Waals surface area contributed by atoms with Crippen LogP contribution in [0, 0.1) is 11.6 Å². The molecule has 0 saturated heterocycles. The second kappa shape index (κ2) is 7.94. The average Bonchev–Trinajstić information content (AvgIpc) is 2.39. The fraction of sp³-hybridized carbons (Fsp3) is 0.533. The number of rotatable bonds is 7. The minimum atomic E-state index is -0.859. The molecule has 0 bridgehead atoms. The van der Waals surface area contributed by atoms with E-state index in [1.54, 1.807) is 18.9 Å². The maximum atomic E-state index is 13.0. The summed E-state index contributed by atoms with van der Waals surface area (Å²) in [5.41, 5.74) is 0.684. The number of aliphatic hydroxyl groups excluding tert-OH is 1. The van der Waals surface area contributed by atoms with Crippen molar-refractivity contribution in [3.8, 4) is 0 Å². The van der Waals surface area contributed by atoms with Gasteiger partial charge in [0, 0.05) is 20.0 Å². The van der Waals surface area contributed by atoms with Crippen LogP contribution in [0.5, 0.6) is 0 Å². The molecule has 1 unspecified atom stereocenters. The predicted molar refractivity (Wildman–Crippen MR) is 73.2 cm³/mol. The van der Waals surface area contributed by atoms with Crippen molar-refractivity contribution < 1.29 is 18.7 Å². The molecule has 0 fully saturated rings. The van der Waals surface area contributed by atoms with Crippen LogP contribution in [0.15, 0.2) is 18.2 Å². The zero-order valence-corrected chi connectivity index (χ0v) is 11.9. The Bertz CT molecular complexity index is 449. The van der Waals surface area contributed by atoms with Crippen LogP contribution >= 0.6 is 0 Å². The Morgan fingerprint density at radius 2 is 2.05 bits per heavy atom. The first-order valence-electron chi connectivity index (χ1n) is 6.76. The van der Waals surface area contributed by atoms with Gasteiger partial charge in [0.25, 0.3) is 0 Å². The highest BCUT2D eigenvalue weighted by atomic mass is 19.2. The smallest absolute Gasteiger partial charge is 0.222 e. The van der Waals surface area contributed by atoms with Crippen molar-refractivity contribution in [2.45, 2.75) is 38.7 Å². The summed E-state index contributed by atoms with van der Waals surface area (Å²) in [5.74, 6) is -1.72. The Kier molecular flexibility index (Phi) is 6.58. The average molecular weight is 285 g/mol. The molecule has 1 atom stereocenters. The normalized spacial score (nSPS) is 12.2. The first-order valence-corrected chi connectivity index (χ1v) is 6.76. The number of amides is 1. The molecule has 3 nitrogen and oxygen atoms in total. The molecular weight excluding hydrogens is 264 g/mol. The van der Waals surface area contributed by atoms with Crippen molar-refractivity contribution in [2.24, 2.45) is 0 Å². The third-order valence-electron chi connectivity index (χ3n) is 3.15. The number of hydrogen-bond acceptors (Lipinski definition) is 2. The lowest BCUT2D eigenvalue weighted by atomic mass is 10.1. The van der Waals surface area contributed by atoms with Crippen molar-refractivity contribution in [3.05, 3.63) is 35.4 Å². The van der Waals surface area contributed by atoms with E-state index in [1.807, 2.05) is 0 Å². The Hall–Kier alpha value is -1.49. The number of aryl methyl sites for hydroxylation is 1. The van der Waals surface area contributed by atoms with Gasteiger partial charge >= 0.3 is 0 Å². The maximum absolute atomic E-state index is 13.0. The molecule has 1 amide bonds. The van der Waals surface area contributed by atoms with Crippen molar-refractivity contribution in [3.63, 3.8) is 0 Å². The lowest BCUT2D eigenvalue weighted by Gasteiger charge is -2.17. The molecule has 0 aromatic heterocycles. The van der Waals surface area contributed by atoms with E-state index < -0.39 is 17.7 Å². The van der Waals surface area contributed by atoms with Gasteiger partial charge in [-0.2, -0.15) is 0 Å². The number of carbonyl (C=O) groups excluding carboxylic acids is 1. The molecule has 1 N–H and O–H groups in total. The minimum absolute atomic E-state index is 0.00627. The molecule has 0 radical (unpaired) electrons. The third-order valence-corrected chi connectivity index (χ3v) is 3.15. The number of hydrogen-bond donors (Lipinski definition) is 1. The summed E-state index contributed by atoms with van der Waals surface area (Å²) in [7, 11) is 1.70. The molecule has 5 heteroatoms. The Balaban J connectivity index is 2.32. The Labute approximate surface area is 118 Å². The van der Waals surface area contributed by atoms with E-state index in [0.717, 1.165) is 12.1 Å². The first kappa shape index (κ1) is 16.6. The standard InChI is InChI=1S/C15H21F2NO2/c1-11(19)8-9-18(2)15(20)5-3-4-12-6-7-13(16)14(17)10-12/h6-7,10-11,19H,3-5,8-9H2,1-2H3. The third kappa shape index (κ3) is 5.65. The Morgan fingerprint density at radius 3 is 2.65 bits per heavy atom. The van der Waals surface area contributed by atoms with E-state index in [4.69, 9.17) is 5.11 Å². The molecule has 0 aliphatic rings. The monoisotopic (exact) mass is 285 g/mol. The van der Waals surface area contributed by atoms with Gasteiger partial charge in [-0.1, -0.05) is 6.07 Å². The van der Waals surface area contributed by atoms with Crippen LogP contribution in [0.3, 0.4) is 0 Å². The van der Waals surface area contributed by atoms with Gasteiger partial charge in [0.2, 0.25) is 5.91 Å². The maximum Gasteiger partial charge on any atom is 0.222 e. The van der Waals surface area contributed by atoms with Gasteiger partial charge in [-0.25, -0.2) is 8.78 Å². The van der Waals surface area contributed by atoms with Crippen LogP contribution in [0.2, 0.25) is 0 Å². The number of halogens is 2. The summed E-state index contributed by atoms with van der Waals surface area (Å²) >= 11 is 0. The van der Waals surface area contributed by atoms with Crippen LogP contribution in [0.1, 0.15) is 31.7 Å². The summed E-state index contributed by atoms with van der Waals surface area (Å²) in [6.45, 7) is 2.20. The highest BCUT2D eigenvalue weighted by Gasteiger charge is 2.10.